The molecule has 1 aliphatic heterocycles. The van der Waals surface area contributed by atoms with Crippen LogP contribution in [0.5, 0.6) is 5.75 Å². The Labute approximate surface area is 197 Å². The molecule has 1 saturated heterocycles. The van der Waals surface area contributed by atoms with Gasteiger partial charge in [-0.3, -0.25) is 14.4 Å². The highest BCUT2D eigenvalue weighted by Gasteiger charge is 2.39. The van der Waals surface area contributed by atoms with E-state index in [1.807, 2.05) is 0 Å². The Hall–Kier alpha value is -3.47. The van der Waals surface area contributed by atoms with Crippen LogP contribution in [0.15, 0.2) is 53.4 Å². The maximum absolute atomic E-state index is 13.4. The molecule has 0 aliphatic carbocycles. The summed E-state index contributed by atoms with van der Waals surface area (Å²) in [5.41, 5.74) is 0.131. The van der Waals surface area contributed by atoms with Crippen molar-refractivity contribution in [1.29, 1.82) is 0 Å². The number of piperazine rings is 1. The number of hydrogen-bond donors (Lipinski definition) is 1. The minimum Gasteiger partial charge on any atom is -0.497 e. The number of benzene rings is 2. The average Bonchev–Trinajstić information content (AvgIpc) is 2.86. The van der Waals surface area contributed by atoms with Crippen LogP contribution < -0.4 is 10.1 Å². The molecule has 0 saturated carbocycles. The van der Waals surface area contributed by atoms with Crippen molar-refractivity contribution < 1.29 is 31.9 Å². The third kappa shape index (κ3) is 5.53. The molecular weight excluding hydrogens is 465 g/mol. The number of nitrogens with one attached hydrogen (secondary N) is 1. The number of nitrogens with zero attached hydrogens (tertiary/aromatic N) is 2. The fourth-order valence-corrected chi connectivity index (χ4v) is 5.01. The van der Waals surface area contributed by atoms with Gasteiger partial charge in [0.15, 0.2) is 0 Å². The lowest BCUT2D eigenvalue weighted by Gasteiger charge is -2.36. The summed E-state index contributed by atoms with van der Waals surface area (Å²) in [6.07, 6.45) is 0.327. The van der Waals surface area contributed by atoms with Crippen molar-refractivity contribution in [2.24, 2.45) is 0 Å². The van der Waals surface area contributed by atoms with Crippen LogP contribution in [-0.2, 0) is 19.4 Å². The molecule has 2 aromatic rings. The van der Waals surface area contributed by atoms with Gasteiger partial charge in [0.2, 0.25) is 21.1 Å². The number of hydrogen-bond acceptors (Lipinski definition) is 6. The van der Waals surface area contributed by atoms with E-state index in [1.54, 1.807) is 11.8 Å². The molecule has 0 unspecified atom stereocenters. The third-order valence-corrected chi connectivity index (χ3v) is 7.41. The van der Waals surface area contributed by atoms with E-state index in [0.29, 0.717) is 12.2 Å². The van der Waals surface area contributed by atoms with E-state index in [4.69, 9.17) is 4.74 Å². The van der Waals surface area contributed by atoms with Gasteiger partial charge in [-0.15, -0.1) is 0 Å². The van der Waals surface area contributed by atoms with Gasteiger partial charge in [-0.2, -0.15) is 0 Å². The fourth-order valence-electron chi connectivity index (χ4n) is 3.54. The van der Waals surface area contributed by atoms with Gasteiger partial charge in [0.05, 0.1) is 12.0 Å². The Balaban J connectivity index is 1.88. The van der Waals surface area contributed by atoms with Crippen LogP contribution in [0.25, 0.3) is 0 Å². The van der Waals surface area contributed by atoms with Gasteiger partial charge < -0.3 is 19.9 Å². The molecule has 9 nitrogen and oxygen atoms in total. The molecule has 2 aromatic carbocycles. The number of sulfone groups is 1. The summed E-state index contributed by atoms with van der Waals surface area (Å²) >= 11 is 0. The largest absolute Gasteiger partial charge is 0.497 e. The van der Waals surface area contributed by atoms with E-state index in [2.05, 4.69) is 5.32 Å². The summed E-state index contributed by atoms with van der Waals surface area (Å²) in [6.45, 7) is 2.50. The highest BCUT2D eigenvalue weighted by molar-refractivity contribution is 7.92. The van der Waals surface area contributed by atoms with E-state index in [1.165, 1.54) is 36.3 Å². The molecule has 1 atom stereocenters. The molecule has 0 spiro atoms. The second-order valence-electron chi connectivity index (χ2n) is 7.64. The van der Waals surface area contributed by atoms with Crippen LogP contribution >= 0.6 is 0 Å². The van der Waals surface area contributed by atoms with Gasteiger partial charge in [-0.05, 0) is 48.5 Å². The highest BCUT2D eigenvalue weighted by Crippen LogP contribution is 2.19. The molecule has 3 rings (SSSR count). The van der Waals surface area contributed by atoms with Gasteiger partial charge in [-0.25, -0.2) is 12.8 Å². The van der Waals surface area contributed by atoms with E-state index >= 15 is 0 Å². The predicted molar refractivity (Wildman–Crippen MR) is 121 cm³/mol. The topological polar surface area (TPSA) is 113 Å². The predicted octanol–water partition coefficient (Wildman–Crippen LogP) is 1.44. The summed E-state index contributed by atoms with van der Waals surface area (Å²) in [5.74, 6) is -1.79. The van der Waals surface area contributed by atoms with Gasteiger partial charge in [0.1, 0.15) is 11.6 Å². The number of amides is 3. The fraction of sp³-hybridized carbons (Fsp3) is 0.348. The van der Waals surface area contributed by atoms with Gasteiger partial charge in [0.25, 0.3) is 11.8 Å². The van der Waals surface area contributed by atoms with E-state index in [9.17, 15) is 27.2 Å². The molecule has 1 aliphatic rings. The molecule has 0 bridgehead atoms. The highest BCUT2D eigenvalue weighted by atomic mass is 32.2. The lowest BCUT2D eigenvalue weighted by Crippen LogP contribution is -2.57. The zero-order chi connectivity index (χ0) is 24.9. The molecule has 182 valence electrons. The molecule has 34 heavy (non-hydrogen) atoms. The molecule has 1 fully saturated rings. The van der Waals surface area contributed by atoms with Gasteiger partial charge >= 0.3 is 0 Å². The molecule has 0 radical (unpaired) electrons. The first-order valence-corrected chi connectivity index (χ1v) is 12.2. The molecule has 3 amide bonds. The van der Waals surface area contributed by atoms with Gasteiger partial charge in [-0.1, -0.05) is 6.92 Å². The summed E-state index contributed by atoms with van der Waals surface area (Å²) < 4.78 is 45.1. The average molecular weight is 492 g/mol. The Morgan fingerprint density at radius 1 is 0.971 bits per heavy atom. The minimum atomic E-state index is -4.41. The van der Waals surface area contributed by atoms with Crippen molar-refractivity contribution >= 4 is 27.6 Å². The SMILES string of the molecule is CCC(=O)N1CCN(C(=O)[C@@H](NC(=O)c2ccc(OC)cc2)S(=O)(=O)c2ccc(F)cc2)CC1. The van der Waals surface area contributed by atoms with E-state index in [-0.39, 0.29) is 42.5 Å². The summed E-state index contributed by atoms with van der Waals surface area (Å²) in [4.78, 5) is 40.7. The quantitative estimate of drug-likeness (QED) is 0.587. The first-order chi connectivity index (χ1) is 16.2. The van der Waals surface area contributed by atoms with Crippen molar-refractivity contribution in [3.8, 4) is 5.75 Å². The molecule has 11 heteroatoms. The Kier molecular flexibility index (Phi) is 7.87. The second kappa shape index (κ2) is 10.6. The zero-order valence-electron chi connectivity index (χ0n) is 18.9. The molecule has 0 aromatic heterocycles. The number of carbonyl (C=O) groups excluding carboxylic acids is 3. The van der Waals surface area contributed by atoms with Crippen LogP contribution in [0.1, 0.15) is 23.7 Å². The number of methoxy groups -OCH3 is 1. The molecule has 1 N–H and O–H groups in total. The summed E-state index contributed by atoms with van der Waals surface area (Å²) in [6, 6.07) is 9.97. The lowest BCUT2D eigenvalue weighted by molar-refractivity contribution is -0.139. The van der Waals surface area contributed by atoms with Crippen molar-refractivity contribution in [1.82, 2.24) is 15.1 Å². The normalized spacial score (nSPS) is 14.9. The maximum Gasteiger partial charge on any atom is 0.261 e. The van der Waals surface area contributed by atoms with Crippen molar-refractivity contribution in [3.63, 3.8) is 0 Å². The molecule has 1 heterocycles. The van der Waals surface area contributed by atoms with E-state index in [0.717, 1.165) is 24.3 Å². The maximum atomic E-state index is 13.4. The minimum absolute atomic E-state index is 0.0598. The second-order valence-corrected chi connectivity index (χ2v) is 9.67. The number of carbonyl (C=O) groups is 3. The van der Waals surface area contributed by atoms with Crippen LogP contribution in [0.3, 0.4) is 0 Å². The monoisotopic (exact) mass is 491 g/mol. The summed E-state index contributed by atoms with van der Waals surface area (Å²) in [7, 11) is -2.95. The zero-order valence-corrected chi connectivity index (χ0v) is 19.7. The Morgan fingerprint density at radius 3 is 2.06 bits per heavy atom. The third-order valence-electron chi connectivity index (χ3n) is 5.54. The Bertz CT molecular complexity index is 1140. The Morgan fingerprint density at radius 2 is 1.53 bits per heavy atom. The first kappa shape index (κ1) is 25.2. The van der Waals surface area contributed by atoms with Crippen molar-refractivity contribution in [2.75, 3.05) is 33.3 Å². The van der Waals surface area contributed by atoms with Crippen molar-refractivity contribution in [3.05, 3.63) is 59.9 Å². The van der Waals surface area contributed by atoms with Crippen LogP contribution in [0, 0.1) is 5.82 Å². The molecular formula is C23H26FN3O6S. The van der Waals surface area contributed by atoms with Gasteiger partial charge in [0, 0.05) is 38.2 Å². The number of halogens is 1. The van der Waals surface area contributed by atoms with E-state index < -0.39 is 32.8 Å². The van der Waals surface area contributed by atoms with Crippen LogP contribution in [-0.4, -0.2) is 74.6 Å². The summed E-state index contributed by atoms with van der Waals surface area (Å²) in [5, 5.41) is 0.404. The van der Waals surface area contributed by atoms with Crippen LogP contribution in [0.2, 0.25) is 0 Å². The smallest absolute Gasteiger partial charge is 0.261 e. The first-order valence-electron chi connectivity index (χ1n) is 10.7. The van der Waals surface area contributed by atoms with Crippen molar-refractivity contribution in [2.45, 2.75) is 23.6 Å². The number of ether oxygens (including phenoxy) is 1. The number of rotatable bonds is 7. The van der Waals surface area contributed by atoms with Crippen LogP contribution in [0.4, 0.5) is 4.39 Å². The standard InChI is InChI=1S/C23H26FN3O6S/c1-3-20(28)26-12-14-27(15-13-26)23(30)22(34(31,32)19-10-6-17(24)7-11-19)25-21(29)16-4-8-18(33-2)9-5-16/h4-11,22H,3,12-15H2,1-2H3,(H,25,29)/t22-/m0/s1. The lowest BCUT2D eigenvalue weighted by atomic mass is 10.2.